The zero-order valence-electron chi connectivity index (χ0n) is 10.6. The van der Waals surface area contributed by atoms with E-state index in [4.69, 9.17) is 4.98 Å². The maximum Gasteiger partial charge on any atom is 0.143 e. The minimum absolute atomic E-state index is 0.697. The van der Waals surface area contributed by atoms with Crippen molar-refractivity contribution in [3.8, 4) is 0 Å². The van der Waals surface area contributed by atoms with Crippen molar-refractivity contribution in [1.82, 2.24) is 9.97 Å². The van der Waals surface area contributed by atoms with Gasteiger partial charge in [0.2, 0.25) is 0 Å². The van der Waals surface area contributed by atoms with E-state index < -0.39 is 0 Å². The van der Waals surface area contributed by atoms with Gasteiger partial charge < -0.3 is 5.32 Å². The lowest BCUT2D eigenvalue weighted by Crippen LogP contribution is -2.10. The largest absolute Gasteiger partial charge is 0.369 e. The summed E-state index contributed by atoms with van der Waals surface area (Å²) in [7, 11) is 0. The van der Waals surface area contributed by atoms with Gasteiger partial charge in [0, 0.05) is 18.9 Å². The highest BCUT2D eigenvalue weighted by Gasteiger charge is 2.29. The molecule has 0 amide bonds. The van der Waals surface area contributed by atoms with Crippen molar-refractivity contribution in [1.29, 1.82) is 0 Å². The molecule has 1 N–H and O–H groups in total. The van der Waals surface area contributed by atoms with Crippen molar-refractivity contribution in [2.75, 3.05) is 11.9 Å². The normalized spacial score (nSPS) is 15.0. The molecule has 0 radical (unpaired) electrons. The smallest absolute Gasteiger partial charge is 0.143 e. The molecule has 17 heavy (non-hydrogen) atoms. The Morgan fingerprint density at radius 2 is 2.00 bits per heavy atom. The second-order valence-electron chi connectivity index (χ2n) is 4.64. The van der Waals surface area contributed by atoms with E-state index in [1.807, 2.05) is 0 Å². The predicted molar refractivity (Wildman–Crippen MR) is 79.5 cm³/mol. The fourth-order valence-corrected chi connectivity index (χ4v) is 2.71. The summed E-state index contributed by atoms with van der Waals surface area (Å²) in [6.45, 7) is 5.34. The van der Waals surface area contributed by atoms with Gasteiger partial charge in [-0.25, -0.2) is 9.97 Å². The fraction of sp³-hybridized carbons (Fsp3) is 0.692. The monoisotopic (exact) mass is 345 g/mol. The van der Waals surface area contributed by atoms with Crippen molar-refractivity contribution in [3.05, 3.63) is 15.1 Å². The Kier molecular flexibility index (Phi) is 4.59. The minimum Gasteiger partial charge on any atom is -0.369 e. The van der Waals surface area contributed by atoms with E-state index in [1.54, 1.807) is 0 Å². The molecule has 0 bridgehead atoms. The number of hydrogen-bond donors (Lipinski definition) is 1. The first-order chi connectivity index (χ1) is 8.26. The molecule has 1 aromatic rings. The van der Waals surface area contributed by atoms with Gasteiger partial charge in [-0.1, -0.05) is 13.8 Å². The number of aryl methyl sites for hydroxylation is 1. The van der Waals surface area contributed by atoms with Gasteiger partial charge in [-0.2, -0.15) is 0 Å². The topological polar surface area (TPSA) is 37.8 Å². The molecular formula is C13H20IN3. The molecule has 1 aliphatic carbocycles. The van der Waals surface area contributed by atoms with E-state index in [9.17, 15) is 0 Å². The number of aromatic nitrogens is 2. The maximum absolute atomic E-state index is 4.73. The summed E-state index contributed by atoms with van der Waals surface area (Å²) >= 11 is 2.39. The summed E-state index contributed by atoms with van der Waals surface area (Å²) in [6, 6.07) is 0. The van der Waals surface area contributed by atoms with Crippen LogP contribution >= 0.6 is 22.6 Å². The van der Waals surface area contributed by atoms with Crippen LogP contribution in [0.3, 0.4) is 0 Å². The van der Waals surface area contributed by atoms with Crippen LogP contribution in [0.4, 0.5) is 5.82 Å². The molecule has 1 saturated carbocycles. The molecule has 1 aliphatic rings. The van der Waals surface area contributed by atoms with Crippen LogP contribution < -0.4 is 5.32 Å². The number of halogens is 1. The first kappa shape index (κ1) is 13.1. The predicted octanol–water partition coefficient (Wildman–Crippen LogP) is 3.73. The molecule has 0 unspecified atom stereocenters. The quantitative estimate of drug-likeness (QED) is 0.799. The van der Waals surface area contributed by atoms with Gasteiger partial charge in [0.25, 0.3) is 0 Å². The van der Waals surface area contributed by atoms with E-state index in [0.29, 0.717) is 5.92 Å². The third-order valence-corrected chi connectivity index (χ3v) is 3.97. The van der Waals surface area contributed by atoms with Gasteiger partial charge in [0.1, 0.15) is 11.6 Å². The summed E-state index contributed by atoms with van der Waals surface area (Å²) < 4.78 is 1.23. The van der Waals surface area contributed by atoms with Crippen molar-refractivity contribution in [2.24, 2.45) is 0 Å². The summed E-state index contributed by atoms with van der Waals surface area (Å²) in [5.74, 6) is 2.75. The molecule has 0 aromatic carbocycles. The zero-order valence-corrected chi connectivity index (χ0v) is 12.7. The number of rotatable bonds is 6. The van der Waals surface area contributed by atoms with Crippen LogP contribution in [0.25, 0.3) is 0 Å². The molecule has 4 heteroatoms. The molecule has 1 heterocycles. The Balaban J connectivity index is 2.27. The van der Waals surface area contributed by atoms with E-state index in [2.05, 4.69) is 46.7 Å². The highest BCUT2D eigenvalue weighted by molar-refractivity contribution is 14.1. The first-order valence-electron chi connectivity index (χ1n) is 6.56. The Labute approximate surface area is 117 Å². The molecular weight excluding hydrogens is 325 g/mol. The van der Waals surface area contributed by atoms with Crippen LogP contribution in [0.5, 0.6) is 0 Å². The van der Waals surface area contributed by atoms with Crippen LogP contribution in [0.15, 0.2) is 0 Å². The third-order valence-electron chi connectivity index (χ3n) is 2.90. The lowest BCUT2D eigenvalue weighted by Gasteiger charge is -2.12. The lowest BCUT2D eigenvalue weighted by molar-refractivity contribution is 0.804. The van der Waals surface area contributed by atoms with Gasteiger partial charge >= 0.3 is 0 Å². The van der Waals surface area contributed by atoms with Crippen LogP contribution in [0, 0.1) is 3.57 Å². The molecule has 2 rings (SSSR count). The molecule has 94 valence electrons. The second kappa shape index (κ2) is 5.98. The Bertz CT molecular complexity index is 388. The van der Waals surface area contributed by atoms with Gasteiger partial charge in [0.05, 0.1) is 9.26 Å². The van der Waals surface area contributed by atoms with Crippen molar-refractivity contribution in [2.45, 2.75) is 51.9 Å². The Morgan fingerprint density at radius 3 is 2.59 bits per heavy atom. The van der Waals surface area contributed by atoms with Crippen LogP contribution in [0.2, 0.25) is 0 Å². The van der Waals surface area contributed by atoms with Gasteiger partial charge in [-0.15, -0.1) is 0 Å². The highest BCUT2D eigenvalue weighted by atomic mass is 127. The van der Waals surface area contributed by atoms with Gasteiger partial charge in [-0.05, 0) is 48.3 Å². The molecule has 0 aliphatic heterocycles. The first-order valence-corrected chi connectivity index (χ1v) is 7.64. The molecule has 1 aromatic heterocycles. The number of nitrogens with zero attached hydrogens (tertiary/aromatic N) is 2. The molecule has 1 fully saturated rings. The number of nitrogens with one attached hydrogen (secondary N) is 1. The van der Waals surface area contributed by atoms with Gasteiger partial charge in [0.15, 0.2) is 0 Å². The number of anilines is 1. The Hall–Kier alpha value is -0.390. The van der Waals surface area contributed by atoms with Crippen molar-refractivity contribution < 1.29 is 0 Å². The van der Waals surface area contributed by atoms with E-state index in [-0.39, 0.29) is 0 Å². The van der Waals surface area contributed by atoms with Crippen LogP contribution in [-0.4, -0.2) is 16.5 Å². The van der Waals surface area contributed by atoms with Crippen LogP contribution in [0.1, 0.15) is 57.0 Å². The lowest BCUT2D eigenvalue weighted by atomic mass is 10.2. The minimum atomic E-state index is 0.697. The third kappa shape index (κ3) is 3.30. The van der Waals surface area contributed by atoms with E-state index >= 15 is 0 Å². The van der Waals surface area contributed by atoms with Crippen molar-refractivity contribution >= 4 is 28.4 Å². The average molecular weight is 345 g/mol. The van der Waals surface area contributed by atoms with E-state index in [1.165, 1.54) is 22.1 Å². The molecule has 0 spiro atoms. The highest BCUT2D eigenvalue weighted by Crippen LogP contribution is 2.42. The summed E-state index contributed by atoms with van der Waals surface area (Å²) in [6.07, 6.45) is 5.81. The molecule has 0 atom stereocenters. The Morgan fingerprint density at radius 1 is 1.24 bits per heavy atom. The summed E-state index contributed by atoms with van der Waals surface area (Å²) in [4.78, 5) is 9.37. The summed E-state index contributed by atoms with van der Waals surface area (Å²) in [5, 5.41) is 3.43. The summed E-state index contributed by atoms with van der Waals surface area (Å²) in [5.41, 5.74) is 1.28. The average Bonchev–Trinajstić information content (AvgIpc) is 3.14. The maximum atomic E-state index is 4.73. The fourth-order valence-electron chi connectivity index (χ4n) is 1.84. The molecule has 0 saturated heterocycles. The number of hydrogen-bond acceptors (Lipinski definition) is 3. The van der Waals surface area contributed by atoms with Crippen molar-refractivity contribution in [3.63, 3.8) is 0 Å². The van der Waals surface area contributed by atoms with Gasteiger partial charge in [-0.3, -0.25) is 0 Å². The standard InChI is InChI=1S/C13H20IN3/c1-3-5-10-16-12(9-6-7-9)11(14)13(17-10)15-8-4-2/h9H,3-8H2,1-2H3,(H,15,16,17). The zero-order chi connectivity index (χ0) is 12.3. The SMILES string of the molecule is CCCNc1nc(CCC)nc(C2CC2)c1I. The van der Waals surface area contributed by atoms with Crippen LogP contribution in [-0.2, 0) is 6.42 Å². The molecule has 3 nitrogen and oxygen atoms in total. The van der Waals surface area contributed by atoms with E-state index in [0.717, 1.165) is 37.4 Å². The second-order valence-corrected chi connectivity index (χ2v) is 5.72.